The summed E-state index contributed by atoms with van der Waals surface area (Å²) in [5.41, 5.74) is -0.499. The van der Waals surface area contributed by atoms with Crippen molar-refractivity contribution in [3.8, 4) is 12.1 Å². The second-order valence-electron chi connectivity index (χ2n) is 16.0. The smallest absolute Gasteiger partial charge is 0.367 e. The van der Waals surface area contributed by atoms with E-state index in [2.05, 4.69) is 199 Å². The number of esters is 2. The van der Waals surface area contributed by atoms with Crippen LogP contribution in [0.25, 0.3) is 0 Å². The third-order valence-electron chi connectivity index (χ3n) is 10.1. The van der Waals surface area contributed by atoms with Gasteiger partial charge in [-0.25, -0.2) is 8.42 Å². The zero-order valence-corrected chi connectivity index (χ0v) is 42.0. The molecule has 0 radical (unpaired) electrons. The Morgan fingerprint density at radius 3 is 1.11 bits per heavy atom. The minimum absolute atomic E-state index is 0.0229. The summed E-state index contributed by atoms with van der Waals surface area (Å²) in [6.07, 6.45) is -1.15. The van der Waals surface area contributed by atoms with Crippen molar-refractivity contribution in [3.05, 3.63) is 181 Å². The van der Waals surface area contributed by atoms with Crippen molar-refractivity contribution in [2.24, 2.45) is 10.2 Å². The fraction of sp³-hybridized carbons (Fsp3) is 0.259. The number of aryl methyl sites for hydroxylation is 2. The summed E-state index contributed by atoms with van der Waals surface area (Å²) < 4.78 is 65.8. The number of halogens is 2. The molecule has 16 heteroatoms. The topological polar surface area (TPSA) is 182 Å². The van der Waals surface area contributed by atoms with Gasteiger partial charge in [-0.05, 0) is 120 Å². The van der Waals surface area contributed by atoms with Crippen LogP contribution in [-0.4, -0.2) is 54.5 Å². The Morgan fingerprint density at radius 2 is 0.843 bits per heavy atom. The largest absolute Gasteiger partial charge is 0.743 e. The average molecular weight is 1010 g/mol. The highest BCUT2D eigenvalue weighted by atomic mass is 32.2. The van der Waals surface area contributed by atoms with E-state index in [1.165, 1.54) is 54.3 Å². The maximum Gasteiger partial charge on any atom is 0.367 e. The van der Waals surface area contributed by atoms with Crippen LogP contribution < -0.4 is 0 Å². The molecule has 70 heavy (non-hydrogen) atoms. The normalized spacial score (nSPS) is 13.0. The van der Waals surface area contributed by atoms with Crippen molar-refractivity contribution in [1.82, 2.24) is 0 Å². The van der Waals surface area contributed by atoms with Gasteiger partial charge in [-0.3, -0.25) is 9.59 Å². The SMILES string of the molecule is CCOC(=O)CCC(C)(C#N)N=NC(C)(C#N)CCC(=O)OCC(F)(F)S(=O)(=O)[O-].Cc1ccc([S+](c2ccccc2)c2ccccc2)cc1.Cc1ccc([S+](c2ccccc2)c2ccccc2)cc1. The molecule has 0 saturated carbocycles. The molecule has 0 N–H and O–H groups in total. The molecule has 0 aliphatic heterocycles. The van der Waals surface area contributed by atoms with Gasteiger partial charge in [0.05, 0.1) is 40.5 Å². The number of carbonyl (C=O) groups is 2. The monoisotopic (exact) mass is 1010 g/mol. The Labute approximate surface area is 415 Å². The van der Waals surface area contributed by atoms with Gasteiger partial charge in [0.1, 0.15) is 0 Å². The van der Waals surface area contributed by atoms with Gasteiger partial charge in [0.15, 0.2) is 57.2 Å². The van der Waals surface area contributed by atoms with Crippen molar-refractivity contribution >= 4 is 43.8 Å². The molecular formula is C54H55F2N4O7S3+. The van der Waals surface area contributed by atoms with Gasteiger partial charge in [-0.15, -0.1) is 0 Å². The molecule has 6 aromatic carbocycles. The Bertz CT molecular complexity index is 2600. The fourth-order valence-electron chi connectivity index (χ4n) is 6.10. The van der Waals surface area contributed by atoms with Crippen molar-refractivity contribution in [2.45, 2.75) is 106 Å². The summed E-state index contributed by atoms with van der Waals surface area (Å²) in [7, 11) is -6.05. The van der Waals surface area contributed by atoms with Gasteiger partial charge in [0.2, 0.25) is 0 Å². The van der Waals surface area contributed by atoms with E-state index < -0.39 is 51.4 Å². The molecule has 364 valence electrons. The number of hydrogen-bond acceptors (Lipinski definition) is 11. The number of nitriles is 2. The van der Waals surface area contributed by atoms with Gasteiger partial charge < -0.3 is 14.0 Å². The van der Waals surface area contributed by atoms with E-state index in [0.717, 1.165) is 0 Å². The maximum absolute atomic E-state index is 13.0. The fourth-order valence-corrected chi connectivity index (χ4v) is 10.5. The highest BCUT2D eigenvalue weighted by Crippen LogP contribution is 2.33. The Hall–Kier alpha value is -6.69. The van der Waals surface area contributed by atoms with Crippen LogP contribution >= 0.6 is 0 Å². The molecular weight excluding hydrogens is 951 g/mol. The lowest BCUT2D eigenvalue weighted by molar-refractivity contribution is -0.150. The molecule has 0 amide bonds. The predicted molar refractivity (Wildman–Crippen MR) is 266 cm³/mol. The summed E-state index contributed by atoms with van der Waals surface area (Å²) in [6, 6.07) is 64.4. The highest BCUT2D eigenvalue weighted by Gasteiger charge is 2.40. The predicted octanol–water partition coefficient (Wildman–Crippen LogP) is 12.0. The van der Waals surface area contributed by atoms with Crippen LogP contribution in [0.15, 0.2) is 209 Å². The lowest BCUT2D eigenvalue weighted by Gasteiger charge is -2.20. The first-order valence-electron chi connectivity index (χ1n) is 22.1. The van der Waals surface area contributed by atoms with E-state index >= 15 is 0 Å². The average Bonchev–Trinajstić information content (AvgIpc) is 3.37. The summed E-state index contributed by atoms with van der Waals surface area (Å²) >= 11 is 0. The molecule has 0 aliphatic carbocycles. The molecule has 0 heterocycles. The Balaban J connectivity index is 0.000000234. The highest BCUT2D eigenvalue weighted by molar-refractivity contribution is 7.97. The molecule has 0 saturated heterocycles. The van der Waals surface area contributed by atoms with Crippen LogP contribution in [0.2, 0.25) is 0 Å². The first kappa shape index (κ1) is 55.9. The van der Waals surface area contributed by atoms with Crippen LogP contribution in [-0.2, 0) is 51.0 Å². The molecule has 0 bridgehead atoms. The van der Waals surface area contributed by atoms with Gasteiger partial charge in [0.25, 0.3) is 0 Å². The van der Waals surface area contributed by atoms with E-state index in [1.54, 1.807) is 13.0 Å². The molecule has 2 unspecified atom stereocenters. The van der Waals surface area contributed by atoms with E-state index in [-0.39, 0.29) is 47.7 Å². The molecule has 0 spiro atoms. The van der Waals surface area contributed by atoms with Crippen molar-refractivity contribution in [2.75, 3.05) is 13.2 Å². The lowest BCUT2D eigenvalue weighted by atomic mass is 9.97. The molecule has 0 fully saturated rings. The number of azo groups is 1. The van der Waals surface area contributed by atoms with Crippen LogP contribution in [0.3, 0.4) is 0 Å². The van der Waals surface area contributed by atoms with Crippen molar-refractivity contribution < 1.29 is 40.8 Å². The molecule has 0 aromatic heterocycles. The second kappa shape index (κ2) is 26.9. The Morgan fingerprint density at radius 1 is 0.557 bits per heavy atom. The number of benzene rings is 6. The standard InChI is InChI=1S/2C19H17S.C16H22F2N4O7S/c2*1-16-12-14-19(15-13-16)20(17-8-4-2-5-9-17)18-10-6-3-7-11-18;1-4-28-12(23)5-7-14(2,9-19)21-22-15(3,10-20)8-6-13(24)29-11-16(17,18)30(25,26)27/h2*2-15H,1H3;4-8,11H2,1-3H3,(H,25,26,27)/q2*+1;/p-1. The quantitative estimate of drug-likeness (QED) is 0.0350. The van der Waals surface area contributed by atoms with E-state index in [1.807, 2.05) is 6.07 Å². The van der Waals surface area contributed by atoms with Crippen LogP contribution in [0.1, 0.15) is 57.6 Å². The Kier molecular flexibility index (Phi) is 21.5. The van der Waals surface area contributed by atoms with Gasteiger partial charge >= 0.3 is 17.2 Å². The number of rotatable bonds is 18. The van der Waals surface area contributed by atoms with Crippen LogP contribution in [0.4, 0.5) is 8.78 Å². The summed E-state index contributed by atoms with van der Waals surface area (Å²) in [6.45, 7) is 6.71. The molecule has 2 atom stereocenters. The van der Waals surface area contributed by atoms with Crippen molar-refractivity contribution in [1.29, 1.82) is 10.5 Å². The first-order valence-corrected chi connectivity index (χ1v) is 25.9. The molecule has 0 aliphatic rings. The summed E-state index contributed by atoms with van der Waals surface area (Å²) in [5.74, 6) is -1.84. The van der Waals surface area contributed by atoms with Crippen molar-refractivity contribution in [3.63, 3.8) is 0 Å². The van der Waals surface area contributed by atoms with E-state index in [0.29, 0.717) is 0 Å². The van der Waals surface area contributed by atoms with Crippen LogP contribution in [0.5, 0.6) is 0 Å². The van der Waals surface area contributed by atoms with Crippen LogP contribution in [0, 0.1) is 36.5 Å². The van der Waals surface area contributed by atoms with Gasteiger partial charge in [-0.1, -0.05) is 108 Å². The minimum atomic E-state index is -6.00. The van der Waals surface area contributed by atoms with E-state index in [4.69, 9.17) is 4.74 Å². The number of ether oxygens (including phenoxy) is 2. The number of nitrogens with zero attached hydrogens (tertiary/aromatic N) is 4. The van der Waals surface area contributed by atoms with Gasteiger partial charge in [0, 0.05) is 12.8 Å². The minimum Gasteiger partial charge on any atom is -0.743 e. The molecule has 6 rings (SSSR count). The zero-order chi connectivity index (χ0) is 51.2. The zero-order valence-electron chi connectivity index (χ0n) is 39.5. The number of carbonyl (C=O) groups excluding carboxylic acids is 2. The maximum atomic E-state index is 13.0. The summed E-state index contributed by atoms with van der Waals surface area (Å²) in [4.78, 5) is 31.1. The molecule has 6 aromatic rings. The third kappa shape index (κ3) is 17.7. The second-order valence-corrected chi connectivity index (χ2v) is 21.6. The molecule has 11 nitrogen and oxygen atoms in total. The first-order chi connectivity index (χ1) is 33.3. The number of hydrogen-bond donors (Lipinski definition) is 0. The lowest BCUT2D eigenvalue weighted by Crippen LogP contribution is -2.35. The summed E-state index contributed by atoms with van der Waals surface area (Å²) in [5, 5.41) is 21.3. The third-order valence-corrected chi connectivity index (χ3v) is 15.4. The number of alkyl halides is 2. The van der Waals surface area contributed by atoms with Gasteiger partial charge in [-0.2, -0.15) is 29.5 Å². The van der Waals surface area contributed by atoms with E-state index in [9.17, 15) is 41.9 Å².